The monoisotopic (exact) mass is 580 g/mol. The Morgan fingerprint density at radius 2 is 1.05 bits per heavy atom. The van der Waals surface area contributed by atoms with E-state index < -0.39 is 42.7 Å². The van der Waals surface area contributed by atoms with Gasteiger partial charge in [-0.25, -0.2) is 0 Å². The zero-order valence-electron chi connectivity index (χ0n) is 21.5. The van der Waals surface area contributed by atoms with Gasteiger partial charge in [0.2, 0.25) is 0 Å². The first kappa shape index (κ1) is 35.2. The predicted octanol–water partition coefficient (Wildman–Crippen LogP) is 9.75. The number of alkyl halides is 11. The van der Waals surface area contributed by atoms with E-state index in [0.717, 1.165) is 70.8 Å². The standard InChI is InChI=1S/C25H39F11O2/c26-21(27,22(28,29)23(30,31)24(32,33)25(34,35)36)16-11-8-6-4-2-1-3-5-7-9-12-17-37-19-15-20-14-10-13-18-38-20/h20H,1-19H2. The highest BCUT2D eigenvalue weighted by Gasteiger charge is 2.86. The first-order chi connectivity index (χ1) is 17.6. The normalized spacial score (nSPS) is 18.2. The van der Waals surface area contributed by atoms with Gasteiger partial charge < -0.3 is 9.47 Å². The van der Waals surface area contributed by atoms with E-state index in [1.54, 1.807) is 0 Å². The van der Waals surface area contributed by atoms with E-state index in [9.17, 15) is 48.3 Å². The fourth-order valence-electron chi connectivity index (χ4n) is 4.26. The van der Waals surface area contributed by atoms with Crippen LogP contribution in [0.5, 0.6) is 0 Å². The predicted molar refractivity (Wildman–Crippen MR) is 120 cm³/mol. The Hall–Kier alpha value is -0.850. The largest absolute Gasteiger partial charge is 0.460 e. The Morgan fingerprint density at radius 1 is 0.553 bits per heavy atom. The molecule has 1 heterocycles. The van der Waals surface area contributed by atoms with Crippen molar-refractivity contribution in [1.82, 2.24) is 0 Å². The van der Waals surface area contributed by atoms with Crippen LogP contribution in [-0.2, 0) is 9.47 Å². The number of hydrogen-bond acceptors (Lipinski definition) is 2. The summed E-state index contributed by atoms with van der Waals surface area (Å²) in [7, 11) is 0. The molecule has 0 aromatic heterocycles. The molecule has 0 aliphatic carbocycles. The quantitative estimate of drug-likeness (QED) is 0.105. The van der Waals surface area contributed by atoms with Crippen molar-refractivity contribution in [3.05, 3.63) is 0 Å². The molecule has 13 heteroatoms. The minimum absolute atomic E-state index is 0.0697. The zero-order valence-corrected chi connectivity index (χ0v) is 21.5. The first-order valence-electron chi connectivity index (χ1n) is 13.4. The van der Waals surface area contributed by atoms with Gasteiger partial charge in [-0.15, -0.1) is 0 Å². The maximum atomic E-state index is 13.6. The van der Waals surface area contributed by atoms with Crippen molar-refractivity contribution in [3.8, 4) is 0 Å². The van der Waals surface area contributed by atoms with Crippen LogP contribution in [0.4, 0.5) is 48.3 Å². The van der Waals surface area contributed by atoms with E-state index >= 15 is 0 Å². The van der Waals surface area contributed by atoms with Gasteiger partial charge in [0, 0.05) is 26.2 Å². The molecule has 38 heavy (non-hydrogen) atoms. The van der Waals surface area contributed by atoms with Crippen molar-refractivity contribution in [1.29, 1.82) is 0 Å². The Bertz CT molecular complexity index is 633. The summed E-state index contributed by atoms with van der Waals surface area (Å²) in [5.74, 6) is -27.2. The molecule has 0 radical (unpaired) electrons. The topological polar surface area (TPSA) is 18.5 Å². The number of unbranched alkanes of at least 4 members (excludes halogenated alkanes) is 10. The van der Waals surface area contributed by atoms with E-state index in [4.69, 9.17) is 9.47 Å². The Labute approximate surface area is 217 Å². The maximum absolute atomic E-state index is 13.6. The molecule has 1 saturated heterocycles. The van der Waals surface area contributed by atoms with E-state index in [1.165, 1.54) is 6.42 Å². The number of rotatable bonds is 20. The summed E-state index contributed by atoms with van der Waals surface area (Å²) < 4.78 is 154. The van der Waals surface area contributed by atoms with E-state index in [2.05, 4.69) is 0 Å². The lowest BCUT2D eigenvalue weighted by Crippen LogP contribution is -2.66. The summed E-state index contributed by atoms with van der Waals surface area (Å²) in [6.07, 6.45) is 2.33. The summed E-state index contributed by atoms with van der Waals surface area (Å²) in [4.78, 5) is 0. The van der Waals surface area contributed by atoms with E-state index in [1.807, 2.05) is 0 Å². The lowest BCUT2D eigenvalue weighted by Gasteiger charge is -2.37. The van der Waals surface area contributed by atoms with Crippen molar-refractivity contribution in [2.75, 3.05) is 19.8 Å². The van der Waals surface area contributed by atoms with Crippen LogP contribution < -0.4 is 0 Å². The van der Waals surface area contributed by atoms with Crippen molar-refractivity contribution in [3.63, 3.8) is 0 Å². The van der Waals surface area contributed by atoms with Crippen LogP contribution in [0.2, 0.25) is 0 Å². The van der Waals surface area contributed by atoms with Gasteiger partial charge in [-0.2, -0.15) is 48.3 Å². The number of ether oxygens (including phenoxy) is 2. The molecule has 0 amide bonds. The van der Waals surface area contributed by atoms with E-state index in [0.29, 0.717) is 32.2 Å². The molecule has 0 aromatic rings. The average molecular weight is 581 g/mol. The third-order valence-electron chi connectivity index (χ3n) is 6.74. The minimum Gasteiger partial charge on any atom is -0.381 e. The third-order valence-corrected chi connectivity index (χ3v) is 6.74. The Balaban J connectivity index is 2.07. The Morgan fingerprint density at radius 3 is 1.53 bits per heavy atom. The zero-order chi connectivity index (χ0) is 28.9. The second-order valence-electron chi connectivity index (χ2n) is 9.95. The van der Waals surface area contributed by atoms with Gasteiger partial charge in [0.25, 0.3) is 0 Å². The molecule has 1 aliphatic heterocycles. The van der Waals surface area contributed by atoms with Crippen LogP contribution in [0.25, 0.3) is 0 Å². The van der Waals surface area contributed by atoms with Crippen LogP contribution in [0.15, 0.2) is 0 Å². The number of hydrogen-bond donors (Lipinski definition) is 0. The van der Waals surface area contributed by atoms with Gasteiger partial charge in [-0.05, 0) is 38.5 Å². The summed E-state index contributed by atoms with van der Waals surface area (Å²) in [5, 5.41) is 0. The maximum Gasteiger partial charge on any atom is 0.460 e. The molecule has 0 saturated carbocycles. The lowest BCUT2D eigenvalue weighted by atomic mass is 9.94. The number of halogens is 11. The van der Waals surface area contributed by atoms with Crippen LogP contribution in [0.1, 0.15) is 103 Å². The Kier molecular flexibility index (Phi) is 14.6. The molecular weight excluding hydrogens is 541 g/mol. The fourth-order valence-corrected chi connectivity index (χ4v) is 4.26. The third kappa shape index (κ3) is 10.3. The lowest BCUT2D eigenvalue weighted by molar-refractivity contribution is -0.422. The van der Waals surface area contributed by atoms with E-state index in [-0.39, 0.29) is 6.42 Å². The molecule has 0 spiro atoms. The molecular formula is C25H39F11O2. The van der Waals surface area contributed by atoms with Crippen molar-refractivity contribution < 1.29 is 57.8 Å². The minimum atomic E-state index is -7.31. The molecule has 0 N–H and O–H groups in total. The summed E-state index contributed by atoms with van der Waals surface area (Å²) >= 11 is 0. The molecule has 1 atom stereocenters. The molecule has 1 fully saturated rings. The van der Waals surface area contributed by atoms with Gasteiger partial charge in [0.15, 0.2) is 0 Å². The van der Waals surface area contributed by atoms with Crippen LogP contribution in [0, 0.1) is 0 Å². The second-order valence-corrected chi connectivity index (χ2v) is 9.95. The molecule has 1 unspecified atom stereocenters. The molecule has 2 nitrogen and oxygen atoms in total. The smallest absolute Gasteiger partial charge is 0.381 e. The van der Waals surface area contributed by atoms with Gasteiger partial charge in [0.1, 0.15) is 0 Å². The molecule has 228 valence electrons. The molecule has 1 aliphatic rings. The SMILES string of the molecule is FC(F)(F)C(F)(F)C(F)(F)C(F)(F)C(F)(F)CCCCCCCCCCCCCOCCC1CCCCO1. The van der Waals surface area contributed by atoms with Crippen LogP contribution >= 0.6 is 0 Å². The fraction of sp³-hybridized carbons (Fsp3) is 1.00. The molecule has 0 bridgehead atoms. The average Bonchev–Trinajstić information content (AvgIpc) is 2.83. The van der Waals surface area contributed by atoms with Crippen LogP contribution in [0.3, 0.4) is 0 Å². The summed E-state index contributed by atoms with van der Waals surface area (Å²) in [5.41, 5.74) is 0. The van der Waals surface area contributed by atoms with Gasteiger partial charge in [-0.1, -0.05) is 57.8 Å². The highest BCUT2D eigenvalue weighted by atomic mass is 19.4. The second kappa shape index (κ2) is 15.8. The highest BCUT2D eigenvalue weighted by molar-refractivity contribution is 5.06. The van der Waals surface area contributed by atoms with Gasteiger partial charge >= 0.3 is 29.9 Å². The van der Waals surface area contributed by atoms with Crippen LogP contribution in [-0.4, -0.2) is 55.8 Å². The highest BCUT2D eigenvalue weighted by Crippen LogP contribution is 2.58. The van der Waals surface area contributed by atoms with Crippen molar-refractivity contribution in [2.45, 2.75) is 139 Å². The summed E-state index contributed by atoms with van der Waals surface area (Å²) in [6, 6.07) is 0. The van der Waals surface area contributed by atoms with Gasteiger partial charge in [-0.3, -0.25) is 0 Å². The molecule has 0 aromatic carbocycles. The van der Waals surface area contributed by atoms with Crippen molar-refractivity contribution in [2.24, 2.45) is 0 Å². The van der Waals surface area contributed by atoms with Gasteiger partial charge in [0.05, 0.1) is 6.10 Å². The first-order valence-corrected chi connectivity index (χ1v) is 13.4. The molecule has 1 rings (SSSR count). The van der Waals surface area contributed by atoms with Crippen molar-refractivity contribution >= 4 is 0 Å². The summed E-state index contributed by atoms with van der Waals surface area (Å²) in [6.45, 7) is 2.24.